The van der Waals surface area contributed by atoms with Crippen molar-refractivity contribution < 1.29 is 24.2 Å². The molecule has 5 nitrogen and oxygen atoms in total. The summed E-state index contributed by atoms with van der Waals surface area (Å²) in [7, 11) is 0. The van der Waals surface area contributed by atoms with Gasteiger partial charge in [0, 0.05) is 0 Å². The van der Waals surface area contributed by atoms with Crippen LogP contribution in [0.1, 0.15) is 0 Å². The number of aliphatic hydroxyl groups excluding tert-OH is 2. The Kier molecular flexibility index (Phi) is 20.7. The first-order chi connectivity index (χ1) is 3.31. The molecular weight excluding hydrogens is 238 g/mol. The maximum atomic E-state index is 8.49. The Morgan fingerprint density at radius 1 is 1.44 bits per heavy atom. The minimum absolute atomic E-state index is 0. The van der Waals surface area contributed by atoms with Gasteiger partial charge in [-0.25, -0.2) is 0 Å². The molecule has 1 atom stereocenters. The molecular formula is C3H11O5Sb. The van der Waals surface area contributed by atoms with Gasteiger partial charge in [-0.3, -0.25) is 0 Å². The van der Waals surface area contributed by atoms with Gasteiger partial charge in [0.2, 0.25) is 0 Å². The van der Waals surface area contributed by atoms with Gasteiger partial charge in [0.1, 0.15) is 0 Å². The van der Waals surface area contributed by atoms with Gasteiger partial charge in [0.05, 0.1) is 0 Å². The van der Waals surface area contributed by atoms with Crippen LogP contribution in [0, 0.1) is 0 Å². The van der Waals surface area contributed by atoms with Crippen LogP contribution in [-0.2, 0) is 3.02 Å². The number of aliphatic hydroxyl groups is 2. The second-order valence-corrected chi connectivity index (χ2v) is 1.87. The van der Waals surface area contributed by atoms with Crippen LogP contribution in [0.2, 0.25) is 0 Å². The number of hydrogen-bond acceptors (Lipinski definition) is 3. The first kappa shape index (κ1) is 16.3. The molecule has 0 fully saturated rings. The zero-order chi connectivity index (χ0) is 5.70. The molecule has 9 heavy (non-hydrogen) atoms. The normalized spacial score (nSPS) is 11.0. The summed E-state index contributed by atoms with van der Waals surface area (Å²) in [6, 6.07) is 0. The van der Waals surface area contributed by atoms with Gasteiger partial charge in [-0.2, -0.15) is 0 Å². The number of hydrogen-bond donors (Lipinski definition) is 2. The van der Waals surface area contributed by atoms with Crippen LogP contribution < -0.4 is 0 Å². The van der Waals surface area contributed by atoms with Crippen molar-refractivity contribution in [2.24, 2.45) is 0 Å². The Morgan fingerprint density at radius 2 is 1.89 bits per heavy atom. The Morgan fingerprint density at radius 3 is 2.00 bits per heavy atom. The van der Waals surface area contributed by atoms with Crippen molar-refractivity contribution >= 4 is 23.4 Å². The summed E-state index contributed by atoms with van der Waals surface area (Å²) >= 11 is 1.16. The van der Waals surface area contributed by atoms with Gasteiger partial charge >= 0.3 is 56.0 Å². The van der Waals surface area contributed by atoms with Gasteiger partial charge in [-0.1, -0.05) is 0 Å². The standard InChI is InChI=1S/C3H7O3.2H2O.Sb/c4-1-3(6)2-5;;;/h3-4,6H,1-2H2;2*1H2;/q-1;;;+1. The van der Waals surface area contributed by atoms with E-state index in [1.807, 2.05) is 0 Å². The summed E-state index contributed by atoms with van der Waals surface area (Å²) in [4.78, 5) is 0. The van der Waals surface area contributed by atoms with Crippen LogP contribution in [0.4, 0.5) is 0 Å². The fraction of sp³-hybridized carbons (Fsp3) is 1.00. The second kappa shape index (κ2) is 11.4. The summed E-state index contributed by atoms with van der Waals surface area (Å²) in [6.45, 7) is 0.00675. The van der Waals surface area contributed by atoms with Gasteiger partial charge in [-0.15, -0.1) is 0 Å². The fourth-order valence-electron chi connectivity index (χ4n) is 0.139. The van der Waals surface area contributed by atoms with E-state index in [-0.39, 0.29) is 24.2 Å². The molecule has 0 aliphatic rings. The molecule has 0 spiro atoms. The van der Waals surface area contributed by atoms with E-state index in [1.54, 1.807) is 0 Å². The van der Waals surface area contributed by atoms with E-state index in [9.17, 15) is 0 Å². The quantitative estimate of drug-likeness (QED) is 0.513. The molecule has 2 radical (unpaired) electrons. The molecule has 58 valence electrons. The first-order valence-electron chi connectivity index (χ1n) is 1.86. The molecule has 0 saturated carbocycles. The maximum absolute atomic E-state index is 8.49. The molecule has 0 amide bonds. The van der Waals surface area contributed by atoms with Gasteiger partial charge in [0.15, 0.2) is 0 Å². The molecule has 0 saturated heterocycles. The molecule has 0 bridgehead atoms. The van der Waals surface area contributed by atoms with Crippen LogP contribution in [0.5, 0.6) is 0 Å². The predicted molar refractivity (Wildman–Crippen MR) is 32.0 cm³/mol. The monoisotopic (exact) mass is 248 g/mol. The zero-order valence-corrected chi connectivity index (χ0v) is 7.29. The van der Waals surface area contributed by atoms with Crippen molar-refractivity contribution in [2.75, 3.05) is 13.2 Å². The van der Waals surface area contributed by atoms with Crippen molar-refractivity contribution in [2.45, 2.75) is 6.10 Å². The SMILES string of the molecule is O.O.OCC(O)C[O][Sb]. The van der Waals surface area contributed by atoms with Crippen molar-refractivity contribution in [3.8, 4) is 0 Å². The Balaban J connectivity index is -0.000000180. The van der Waals surface area contributed by atoms with Crippen molar-refractivity contribution in [3.63, 3.8) is 0 Å². The molecule has 0 rings (SSSR count). The average molecular weight is 249 g/mol. The van der Waals surface area contributed by atoms with E-state index in [2.05, 4.69) is 3.02 Å². The molecule has 6 heteroatoms. The average Bonchev–Trinajstić information content (AvgIpc) is 1.68. The third-order valence-electron chi connectivity index (χ3n) is 0.478. The molecule has 1 unspecified atom stereocenters. The summed E-state index contributed by atoms with van der Waals surface area (Å²) in [5, 5.41) is 16.6. The van der Waals surface area contributed by atoms with E-state index in [1.165, 1.54) is 0 Å². The third kappa shape index (κ3) is 12.0. The Bertz CT molecular complexity index is 43.2. The summed E-state index contributed by atoms with van der Waals surface area (Å²) in [5.41, 5.74) is 0. The van der Waals surface area contributed by atoms with E-state index in [0.717, 1.165) is 23.4 Å². The predicted octanol–water partition coefficient (Wildman–Crippen LogP) is -3.21. The first-order valence-corrected chi connectivity index (χ1v) is 2.90. The molecule has 0 aromatic heterocycles. The molecule has 0 heterocycles. The fourth-order valence-corrected chi connectivity index (χ4v) is 0.630. The zero-order valence-electron chi connectivity index (χ0n) is 4.74. The van der Waals surface area contributed by atoms with Crippen LogP contribution in [-0.4, -0.2) is 63.9 Å². The van der Waals surface area contributed by atoms with Crippen LogP contribution >= 0.6 is 0 Å². The van der Waals surface area contributed by atoms with E-state index < -0.39 is 6.10 Å². The van der Waals surface area contributed by atoms with Crippen LogP contribution in [0.15, 0.2) is 0 Å². The van der Waals surface area contributed by atoms with Crippen LogP contribution in [0.25, 0.3) is 0 Å². The van der Waals surface area contributed by atoms with E-state index in [0.29, 0.717) is 0 Å². The third-order valence-corrected chi connectivity index (χ3v) is 0.903. The van der Waals surface area contributed by atoms with Gasteiger partial charge in [0.25, 0.3) is 0 Å². The van der Waals surface area contributed by atoms with Crippen molar-refractivity contribution in [1.29, 1.82) is 0 Å². The van der Waals surface area contributed by atoms with Gasteiger partial charge in [-0.05, 0) is 0 Å². The van der Waals surface area contributed by atoms with Crippen molar-refractivity contribution in [1.82, 2.24) is 0 Å². The molecule has 0 aliphatic heterocycles. The summed E-state index contributed by atoms with van der Waals surface area (Å²) in [5.74, 6) is 0. The summed E-state index contributed by atoms with van der Waals surface area (Å²) < 4.78 is 4.53. The Labute approximate surface area is 67.3 Å². The Hall–Kier alpha value is 0.618. The van der Waals surface area contributed by atoms with Crippen LogP contribution in [0.3, 0.4) is 0 Å². The summed E-state index contributed by atoms with van der Waals surface area (Å²) in [6.07, 6.45) is -0.705. The van der Waals surface area contributed by atoms with Crippen molar-refractivity contribution in [3.05, 3.63) is 0 Å². The minimum atomic E-state index is -0.705. The number of rotatable bonds is 3. The molecule has 0 aliphatic carbocycles. The topological polar surface area (TPSA) is 113 Å². The van der Waals surface area contributed by atoms with E-state index >= 15 is 0 Å². The molecule has 0 aromatic carbocycles. The second-order valence-electron chi connectivity index (χ2n) is 1.13. The van der Waals surface area contributed by atoms with E-state index in [4.69, 9.17) is 10.2 Å². The van der Waals surface area contributed by atoms with Gasteiger partial charge < -0.3 is 11.0 Å². The molecule has 0 aromatic rings. The molecule has 6 N–H and O–H groups in total.